The van der Waals surface area contributed by atoms with E-state index in [2.05, 4.69) is 0 Å². The van der Waals surface area contributed by atoms with E-state index in [0.29, 0.717) is 17.6 Å². The van der Waals surface area contributed by atoms with Gasteiger partial charge in [0.15, 0.2) is 0 Å². The van der Waals surface area contributed by atoms with Crippen LogP contribution < -0.4 is 0 Å². The standard InChI is InChI=1S/C10H14O.C2H4O2/c11-10-8-2-6-1-7(4-8)5-9(10)3-6;1-2(3)4/h6-9H,1-5H2;1H3,(H,3,4). The Labute approximate surface area is 89.9 Å². The average Bonchev–Trinajstić information content (AvgIpc) is 2.11. The quantitative estimate of drug-likeness (QED) is 0.666. The van der Waals surface area contributed by atoms with Gasteiger partial charge in [0.25, 0.3) is 5.97 Å². The topological polar surface area (TPSA) is 54.4 Å². The molecule has 0 unspecified atom stereocenters. The van der Waals surface area contributed by atoms with Gasteiger partial charge in [-0.1, -0.05) is 0 Å². The first-order chi connectivity index (χ1) is 7.06. The van der Waals surface area contributed by atoms with Gasteiger partial charge in [-0.3, -0.25) is 9.59 Å². The number of hydrogen-bond donors (Lipinski definition) is 1. The molecule has 4 bridgehead atoms. The van der Waals surface area contributed by atoms with Crippen LogP contribution in [0.25, 0.3) is 0 Å². The number of carbonyl (C=O) groups is 2. The summed E-state index contributed by atoms with van der Waals surface area (Å²) in [5, 5.41) is 7.42. The number of hydrogen-bond acceptors (Lipinski definition) is 2. The van der Waals surface area contributed by atoms with Crippen molar-refractivity contribution in [1.29, 1.82) is 0 Å². The summed E-state index contributed by atoms with van der Waals surface area (Å²) in [6, 6.07) is 0. The third kappa shape index (κ3) is 2.21. The minimum absolute atomic E-state index is 0.506. The fourth-order valence-corrected chi connectivity index (χ4v) is 3.65. The van der Waals surface area contributed by atoms with Crippen LogP contribution in [0.2, 0.25) is 0 Å². The van der Waals surface area contributed by atoms with E-state index in [1.807, 2.05) is 0 Å². The Morgan fingerprint density at radius 1 is 1.07 bits per heavy atom. The molecule has 0 amide bonds. The molecule has 0 heterocycles. The van der Waals surface area contributed by atoms with Gasteiger partial charge in [0.1, 0.15) is 5.78 Å². The first-order valence-electron chi connectivity index (χ1n) is 5.79. The zero-order valence-corrected chi connectivity index (χ0v) is 9.11. The van der Waals surface area contributed by atoms with Gasteiger partial charge in [-0.25, -0.2) is 0 Å². The smallest absolute Gasteiger partial charge is 0.300 e. The van der Waals surface area contributed by atoms with Crippen molar-refractivity contribution < 1.29 is 14.7 Å². The molecule has 4 rings (SSSR count). The number of aliphatic carboxylic acids is 1. The van der Waals surface area contributed by atoms with Crippen LogP contribution in [0.15, 0.2) is 0 Å². The van der Waals surface area contributed by atoms with Gasteiger partial charge in [-0.2, -0.15) is 0 Å². The van der Waals surface area contributed by atoms with Crippen molar-refractivity contribution in [3.8, 4) is 0 Å². The summed E-state index contributed by atoms with van der Waals surface area (Å²) in [5.74, 6) is 2.68. The summed E-state index contributed by atoms with van der Waals surface area (Å²) < 4.78 is 0. The Morgan fingerprint density at radius 3 is 1.73 bits per heavy atom. The maximum atomic E-state index is 11.6. The molecule has 0 saturated heterocycles. The first kappa shape index (κ1) is 10.7. The van der Waals surface area contributed by atoms with Crippen LogP contribution in [0.3, 0.4) is 0 Å². The Kier molecular flexibility index (Phi) is 2.81. The molecule has 84 valence electrons. The van der Waals surface area contributed by atoms with Gasteiger partial charge in [0.05, 0.1) is 0 Å². The van der Waals surface area contributed by atoms with E-state index in [1.165, 1.54) is 32.1 Å². The normalized spacial score (nSPS) is 41.0. The Hall–Kier alpha value is -0.860. The van der Waals surface area contributed by atoms with E-state index in [0.717, 1.165) is 18.8 Å². The van der Waals surface area contributed by atoms with Gasteiger partial charge >= 0.3 is 0 Å². The number of carbonyl (C=O) groups excluding carboxylic acids is 1. The van der Waals surface area contributed by atoms with E-state index in [9.17, 15) is 4.79 Å². The number of carboxylic acids is 1. The highest BCUT2D eigenvalue weighted by atomic mass is 16.4. The van der Waals surface area contributed by atoms with Crippen LogP contribution in [0, 0.1) is 23.7 Å². The number of rotatable bonds is 0. The predicted molar refractivity (Wildman–Crippen MR) is 55.4 cm³/mol. The lowest BCUT2D eigenvalue weighted by Crippen LogP contribution is -2.45. The monoisotopic (exact) mass is 210 g/mol. The van der Waals surface area contributed by atoms with Gasteiger partial charge in [0.2, 0.25) is 0 Å². The molecule has 4 aliphatic carbocycles. The molecule has 0 aromatic carbocycles. The molecule has 0 aliphatic heterocycles. The van der Waals surface area contributed by atoms with Crippen LogP contribution in [0.4, 0.5) is 0 Å². The lowest BCUT2D eigenvalue weighted by Gasteiger charge is -2.48. The summed E-state index contributed by atoms with van der Waals surface area (Å²) in [6.45, 7) is 1.08. The van der Waals surface area contributed by atoms with Crippen LogP contribution in [-0.2, 0) is 9.59 Å². The fraction of sp³-hybridized carbons (Fsp3) is 0.833. The van der Waals surface area contributed by atoms with Crippen LogP contribution in [0.1, 0.15) is 39.0 Å². The number of Topliss-reactive ketones (excluding diaryl/α,β-unsaturated/α-hetero) is 1. The molecule has 4 saturated carbocycles. The fourth-order valence-electron chi connectivity index (χ4n) is 3.65. The van der Waals surface area contributed by atoms with Crippen molar-refractivity contribution in [3.63, 3.8) is 0 Å². The van der Waals surface area contributed by atoms with Gasteiger partial charge < -0.3 is 5.11 Å². The van der Waals surface area contributed by atoms with Crippen molar-refractivity contribution in [2.24, 2.45) is 23.7 Å². The van der Waals surface area contributed by atoms with Crippen molar-refractivity contribution in [2.45, 2.75) is 39.0 Å². The van der Waals surface area contributed by atoms with E-state index < -0.39 is 5.97 Å². The predicted octanol–water partition coefficient (Wildman–Crippen LogP) is 2.10. The third-order valence-electron chi connectivity index (χ3n) is 3.94. The molecular formula is C12H18O3. The van der Waals surface area contributed by atoms with Crippen molar-refractivity contribution >= 4 is 11.8 Å². The Balaban J connectivity index is 0.000000188. The summed E-state index contributed by atoms with van der Waals surface area (Å²) in [4.78, 5) is 20.6. The second-order valence-electron chi connectivity index (χ2n) is 5.23. The third-order valence-corrected chi connectivity index (χ3v) is 3.94. The summed E-state index contributed by atoms with van der Waals surface area (Å²) in [6.07, 6.45) is 6.41. The summed E-state index contributed by atoms with van der Waals surface area (Å²) in [5.41, 5.74) is 0. The van der Waals surface area contributed by atoms with E-state index in [1.54, 1.807) is 0 Å². The highest BCUT2D eigenvalue weighted by molar-refractivity contribution is 5.85. The zero-order valence-electron chi connectivity index (χ0n) is 9.11. The molecule has 4 aliphatic rings. The number of carboxylic acid groups (broad SMARTS) is 1. The minimum Gasteiger partial charge on any atom is -0.481 e. The minimum atomic E-state index is -0.833. The largest absolute Gasteiger partial charge is 0.481 e. The zero-order chi connectivity index (χ0) is 11.0. The molecule has 0 aromatic rings. The van der Waals surface area contributed by atoms with Crippen molar-refractivity contribution in [1.82, 2.24) is 0 Å². The average molecular weight is 210 g/mol. The van der Waals surface area contributed by atoms with E-state index in [-0.39, 0.29) is 0 Å². The highest BCUT2D eigenvalue weighted by Crippen LogP contribution is 2.51. The molecule has 4 fully saturated rings. The molecule has 0 atom stereocenters. The van der Waals surface area contributed by atoms with Gasteiger partial charge in [-0.05, 0) is 43.9 Å². The van der Waals surface area contributed by atoms with E-state index in [4.69, 9.17) is 9.90 Å². The second-order valence-corrected chi connectivity index (χ2v) is 5.23. The van der Waals surface area contributed by atoms with Crippen LogP contribution in [-0.4, -0.2) is 16.9 Å². The van der Waals surface area contributed by atoms with Gasteiger partial charge in [0, 0.05) is 18.8 Å². The Bertz CT molecular complexity index is 249. The summed E-state index contributed by atoms with van der Waals surface area (Å²) in [7, 11) is 0. The molecule has 15 heavy (non-hydrogen) atoms. The SMILES string of the molecule is CC(=O)O.O=C1C2CC3CC(C2)CC1C3. The molecule has 0 spiro atoms. The number of ketones is 1. The maximum absolute atomic E-state index is 11.6. The molecule has 1 N–H and O–H groups in total. The maximum Gasteiger partial charge on any atom is 0.300 e. The molecule has 3 nitrogen and oxygen atoms in total. The lowest BCUT2D eigenvalue weighted by atomic mass is 9.56. The van der Waals surface area contributed by atoms with Crippen molar-refractivity contribution in [2.75, 3.05) is 0 Å². The Morgan fingerprint density at radius 2 is 1.40 bits per heavy atom. The molecular weight excluding hydrogens is 192 g/mol. The molecule has 0 radical (unpaired) electrons. The van der Waals surface area contributed by atoms with Crippen LogP contribution >= 0.6 is 0 Å². The summed E-state index contributed by atoms with van der Waals surface area (Å²) >= 11 is 0. The molecule has 3 heteroatoms. The molecule has 0 aromatic heterocycles. The first-order valence-corrected chi connectivity index (χ1v) is 5.79. The second kappa shape index (κ2) is 3.95. The van der Waals surface area contributed by atoms with Crippen LogP contribution in [0.5, 0.6) is 0 Å². The van der Waals surface area contributed by atoms with Crippen molar-refractivity contribution in [3.05, 3.63) is 0 Å². The highest BCUT2D eigenvalue weighted by Gasteiger charge is 2.47. The van der Waals surface area contributed by atoms with E-state index >= 15 is 0 Å². The lowest BCUT2D eigenvalue weighted by molar-refractivity contribution is -0.140. The van der Waals surface area contributed by atoms with Gasteiger partial charge in [-0.15, -0.1) is 0 Å².